The van der Waals surface area contributed by atoms with Crippen molar-refractivity contribution >= 4 is 37.9 Å². The third-order valence-corrected chi connectivity index (χ3v) is 4.11. The number of halogens is 1. The molecule has 0 fully saturated rings. The Bertz CT molecular complexity index is 965. The van der Waals surface area contributed by atoms with Crippen molar-refractivity contribution in [2.45, 2.75) is 6.92 Å². The van der Waals surface area contributed by atoms with Crippen molar-refractivity contribution in [3.05, 3.63) is 53.2 Å². The van der Waals surface area contributed by atoms with Crippen LogP contribution in [-0.2, 0) is 0 Å². The van der Waals surface area contributed by atoms with E-state index in [-0.39, 0.29) is 0 Å². The molecule has 22 heavy (non-hydrogen) atoms. The van der Waals surface area contributed by atoms with Gasteiger partial charge in [0.1, 0.15) is 17.4 Å². The minimum absolute atomic E-state index is 0.579. The van der Waals surface area contributed by atoms with Crippen LogP contribution in [0.5, 0.6) is 5.75 Å². The van der Waals surface area contributed by atoms with Gasteiger partial charge < -0.3 is 13.6 Å². The molecule has 110 valence electrons. The molecule has 0 radical (unpaired) electrons. The molecule has 4 rings (SSSR count). The Morgan fingerprint density at radius 1 is 1.05 bits per heavy atom. The molecule has 0 unspecified atom stereocenters. The van der Waals surface area contributed by atoms with Crippen LogP contribution in [0.4, 0.5) is 0 Å². The van der Waals surface area contributed by atoms with Crippen LogP contribution < -0.4 is 4.74 Å². The highest BCUT2D eigenvalue weighted by molar-refractivity contribution is 9.10. The lowest BCUT2D eigenvalue weighted by Crippen LogP contribution is -1.91. The molecule has 0 aliphatic rings. The van der Waals surface area contributed by atoms with Gasteiger partial charge in [0, 0.05) is 9.86 Å². The number of ether oxygens (including phenoxy) is 1. The SMILES string of the molecule is CCOc1c(-c2coc3ccc(Br)cc23)oc2ccccc12. The van der Waals surface area contributed by atoms with Crippen molar-refractivity contribution in [2.24, 2.45) is 0 Å². The Morgan fingerprint density at radius 2 is 1.91 bits per heavy atom. The molecule has 2 heterocycles. The first-order chi connectivity index (χ1) is 10.8. The predicted octanol–water partition coefficient (Wildman–Crippen LogP) is 6.01. The predicted molar refractivity (Wildman–Crippen MR) is 90.3 cm³/mol. The summed E-state index contributed by atoms with van der Waals surface area (Å²) >= 11 is 3.50. The maximum Gasteiger partial charge on any atom is 0.181 e. The molecule has 0 aliphatic carbocycles. The topological polar surface area (TPSA) is 35.5 Å². The summed E-state index contributed by atoms with van der Waals surface area (Å²) in [5.41, 5.74) is 2.53. The van der Waals surface area contributed by atoms with Gasteiger partial charge >= 0.3 is 0 Å². The smallest absolute Gasteiger partial charge is 0.181 e. The summed E-state index contributed by atoms with van der Waals surface area (Å²) in [5, 5.41) is 1.97. The fourth-order valence-electron chi connectivity index (χ4n) is 2.66. The molecule has 0 aliphatic heterocycles. The Balaban J connectivity index is 2.03. The largest absolute Gasteiger partial charge is 0.489 e. The van der Waals surface area contributed by atoms with Gasteiger partial charge in [-0.3, -0.25) is 0 Å². The van der Waals surface area contributed by atoms with E-state index < -0.39 is 0 Å². The summed E-state index contributed by atoms with van der Waals surface area (Å²) in [7, 11) is 0. The molecule has 0 spiro atoms. The molecule has 2 aromatic heterocycles. The van der Waals surface area contributed by atoms with Gasteiger partial charge in [0.05, 0.1) is 17.6 Å². The molecule has 0 amide bonds. The summed E-state index contributed by atoms with van der Waals surface area (Å²) in [5.74, 6) is 1.47. The van der Waals surface area contributed by atoms with Crippen molar-refractivity contribution in [1.29, 1.82) is 0 Å². The first kappa shape index (κ1) is 13.5. The van der Waals surface area contributed by atoms with Crippen molar-refractivity contribution in [2.75, 3.05) is 6.61 Å². The van der Waals surface area contributed by atoms with E-state index in [1.54, 1.807) is 6.26 Å². The highest BCUT2D eigenvalue weighted by Crippen LogP contribution is 2.43. The van der Waals surface area contributed by atoms with Gasteiger partial charge in [0.25, 0.3) is 0 Å². The van der Waals surface area contributed by atoms with Crippen LogP contribution in [0, 0.1) is 0 Å². The molecule has 0 bridgehead atoms. The number of rotatable bonds is 3. The van der Waals surface area contributed by atoms with Crippen LogP contribution in [0.25, 0.3) is 33.3 Å². The van der Waals surface area contributed by atoms with Crippen LogP contribution >= 0.6 is 15.9 Å². The Morgan fingerprint density at radius 3 is 2.77 bits per heavy atom. The lowest BCUT2D eigenvalue weighted by atomic mass is 10.1. The molecule has 0 N–H and O–H groups in total. The van der Waals surface area contributed by atoms with Gasteiger partial charge in [-0.1, -0.05) is 28.1 Å². The van der Waals surface area contributed by atoms with E-state index in [9.17, 15) is 0 Å². The standard InChI is InChI=1S/C18H13BrO3/c1-2-20-17-12-5-3-4-6-16(12)22-18(17)14-10-21-15-8-7-11(19)9-13(14)15/h3-10H,2H2,1H3. The zero-order chi connectivity index (χ0) is 15.1. The molecule has 0 saturated heterocycles. The third kappa shape index (κ3) is 2.03. The molecule has 3 nitrogen and oxygen atoms in total. The van der Waals surface area contributed by atoms with Crippen molar-refractivity contribution in [3.63, 3.8) is 0 Å². The molecule has 2 aromatic carbocycles. The second-order valence-electron chi connectivity index (χ2n) is 4.98. The van der Waals surface area contributed by atoms with Crippen LogP contribution in [0.1, 0.15) is 6.92 Å². The van der Waals surface area contributed by atoms with Gasteiger partial charge in [-0.2, -0.15) is 0 Å². The minimum atomic E-state index is 0.579. The second kappa shape index (κ2) is 5.21. The van der Waals surface area contributed by atoms with Gasteiger partial charge in [0.15, 0.2) is 11.5 Å². The lowest BCUT2D eigenvalue weighted by molar-refractivity contribution is 0.341. The number of hydrogen-bond donors (Lipinski definition) is 0. The normalized spacial score (nSPS) is 11.4. The van der Waals surface area contributed by atoms with Crippen LogP contribution in [0.15, 0.2) is 62.0 Å². The number of benzene rings is 2. The van der Waals surface area contributed by atoms with E-state index in [2.05, 4.69) is 15.9 Å². The highest BCUT2D eigenvalue weighted by Gasteiger charge is 2.20. The van der Waals surface area contributed by atoms with E-state index in [0.29, 0.717) is 12.4 Å². The number of para-hydroxylation sites is 1. The van der Waals surface area contributed by atoms with E-state index in [1.165, 1.54) is 0 Å². The summed E-state index contributed by atoms with van der Waals surface area (Å²) in [4.78, 5) is 0. The van der Waals surface area contributed by atoms with Gasteiger partial charge in [-0.25, -0.2) is 0 Å². The van der Waals surface area contributed by atoms with Crippen LogP contribution in [-0.4, -0.2) is 6.61 Å². The van der Waals surface area contributed by atoms with Crippen molar-refractivity contribution in [1.82, 2.24) is 0 Å². The fourth-order valence-corrected chi connectivity index (χ4v) is 3.03. The van der Waals surface area contributed by atoms with Crippen molar-refractivity contribution < 1.29 is 13.6 Å². The van der Waals surface area contributed by atoms with E-state index >= 15 is 0 Å². The summed E-state index contributed by atoms with van der Waals surface area (Å²) in [6, 6.07) is 13.8. The molecule has 4 aromatic rings. The molecular formula is C18H13BrO3. The Hall–Kier alpha value is -2.20. The zero-order valence-electron chi connectivity index (χ0n) is 11.9. The summed E-state index contributed by atoms with van der Waals surface area (Å²) in [6.07, 6.45) is 1.72. The quantitative estimate of drug-likeness (QED) is 0.451. The molecule has 4 heteroatoms. The lowest BCUT2D eigenvalue weighted by Gasteiger charge is -2.03. The van der Waals surface area contributed by atoms with Crippen molar-refractivity contribution in [3.8, 4) is 17.1 Å². The van der Waals surface area contributed by atoms with Gasteiger partial charge in [-0.05, 0) is 37.3 Å². The maximum atomic E-state index is 6.04. The van der Waals surface area contributed by atoms with Crippen LogP contribution in [0.2, 0.25) is 0 Å². The van der Waals surface area contributed by atoms with Gasteiger partial charge in [0.2, 0.25) is 0 Å². The molecular weight excluding hydrogens is 344 g/mol. The monoisotopic (exact) mass is 356 g/mol. The van der Waals surface area contributed by atoms with Crippen LogP contribution in [0.3, 0.4) is 0 Å². The van der Waals surface area contributed by atoms with E-state index in [1.807, 2.05) is 49.4 Å². The average molecular weight is 357 g/mol. The zero-order valence-corrected chi connectivity index (χ0v) is 13.5. The minimum Gasteiger partial charge on any atom is -0.489 e. The maximum absolute atomic E-state index is 6.04. The third-order valence-electron chi connectivity index (χ3n) is 3.62. The fraction of sp³-hybridized carbons (Fsp3) is 0.111. The Kier molecular flexibility index (Phi) is 3.19. The number of fused-ring (bicyclic) bond motifs is 2. The summed E-state index contributed by atoms with van der Waals surface area (Å²) in [6.45, 7) is 2.55. The second-order valence-corrected chi connectivity index (χ2v) is 5.90. The average Bonchev–Trinajstić information content (AvgIpc) is 3.09. The van der Waals surface area contributed by atoms with E-state index in [4.69, 9.17) is 13.6 Å². The molecule has 0 saturated carbocycles. The van der Waals surface area contributed by atoms with E-state index in [0.717, 1.165) is 37.7 Å². The summed E-state index contributed by atoms with van der Waals surface area (Å²) < 4.78 is 18.5. The van der Waals surface area contributed by atoms with Gasteiger partial charge in [-0.15, -0.1) is 0 Å². The molecule has 0 atom stereocenters. The number of hydrogen-bond acceptors (Lipinski definition) is 3. The first-order valence-electron chi connectivity index (χ1n) is 7.09. The Labute approximate surface area is 135 Å². The first-order valence-corrected chi connectivity index (χ1v) is 7.88. The number of furan rings is 2. The highest BCUT2D eigenvalue weighted by atomic mass is 79.9.